The molecule has 0 aromatic carbocycles. The van der Waals surface area contributed by atoms with E-state index in [9.17, 15) is 5.11 Å². The molecule has 0 aromatic rings. The van der Waals surface area contributed by atoms with Crippen LogP contribution in [0.2, 0.25) is 0 Å². The van der Waals surface area contributed by atoms with Crippen LogP contribution in [0.25, 0.3) is 0 Å². The van der Waals surface area contributed by atoms with Crippen molar-refractivity contribution in [2.24, 2.45) is 0 Å². The highest BCUT2D eigenvalue weighted by molar-refractivity contribution is 5.82. The molecule has 4 heteroatoms. The van der Waals surface area contributed by atoms with Crippen molar-refractivity contribution in [2.45, 2.75) is 116 Å². The largest absolute Gasteiger partial charge is 1.00 e. The van der Waals surface area contributed by atoms with E-state index in [1.165, 1.54) is 83.5 Å². The van der Waals surface area contributed by atoms with Crippen molar-refractivity contribution < 1.29 is 22.1 Å². The number of unbranched alkanes of at least 4 members (excludes halogenated alkanes) is 10. The van der Waals surface area contributed by atoms with Crippen LogP contribution in [0.4, 0.5) is 0 Å². The molecule has 1 rings (SSSR count). The molecule has 1 heterocycles. The Morgan fingerprint density at radius 3 is 2.07 bits per heavy atom. The van der Waals surface area contributed by atoms with E-state index in [-0.39, 0.29) is 18.5 Å². The summed E-state index contributed by atoms with van der Waals surface area (Å²) in [6.45, 7) is 8.43. The maximum atomic E-state index is 9.82. The number of aliphatic hydroxyl groups excluding tert-OH is 1. The van der Waals surface area contributed by atoms with Gasteiger partial charge in [0.1, 0.15) is 13.1 Å². The highest BCUT2D eigenvalue weighted by Gasteiger charge is 2.27. The van der Waals surface area contributed by atoms with E-state index < -0.39 is 0 Å². The van der Waals surface area contributed by atoms with Gasteiger partial charge in [0.05, 0.1) is 6.04 Å². The van der Waals surface area contributed by atoms with Crippen molar-refractivity contribution in [3.05, 3.63) is 12.2 Å². The second kappa shape index (κ2) is 17.6. The van der Waals surface area contributed by atoms with Crippen LogP contribution in [0, 0.1) is 0 Å². The molecule has 3 nitrogen and oxygen atoms in total. The third-order valence-electron chi connectivity index (χ3n) is 5.53. The fourth-order valence-electron chi connectivity index (χ4n) is 3.86. The zero-order valence-corrected chi connectivity index (χ0v) is 18.9. The molecule has 0 spiro atoms. The van der Waals surface area contributed by atoms with Crippen LogP contribution in [-0.2, 0) is 0 Å². The molecule has 0 radical (unpaired) electrons. The Morgan fingerprint density at radius 1 is 0.926 bits per heavy atom. The minimum atomic E-state index is -0.372. The van der Waals surface area contributed by atoms with Crippen molar-refractivity contribution in [3.8, 4) is 0 Å². The van der Waals surface area contributed by atoms with E-state index in [1.54, 1.807) is 0 Å². The minimum absolute atomic E-state index is 0. The van der Waals surface area contributed by atoms with Gasteiger partial charge in [-0.2, -0.15) is 0 Å². The molecule has 1 aliphatic heterocycles. The molecule has 1 aliphatic rings. The molecule has 0 saturated heterocycles. The first kappa shape index (κ1) is 26.5. The fourth-order valence-corrected chi connectivity index (χ4v) is 3.86. The summed E-state index contributed by atoms with van der Waals surface area (Å²) in [7, 11) is 0. The molecule has 2 atom stereocenters. The second-order valence-electron chi connectivity index (χ2n) is 8.05. The Balaban J connectivity index is 0.00000676. The Labute approximate surface area is 175 Å². The van der Waals surface area contributed by atoms with Crippen molar-refractivity contribution >= 4 is 5.84 Å². The molecule has 27 heavy (non-hydrogen) atoms. The smallest absolute Gasteiger partial charge is 0.274 e. The van der Waals surface area contributed by atoms with E-state index in [2.05, 4.69) is 35.9 Å². The summed E-state index contributed by atoms with van der Waals surface area (Å²) < 4.78 is 2.36. The van der Waals surface area contributed by atoms with E-state index in [4.69, 9.17) is 0 Å². The number of aliphatic hydroxyl groups is 1. The molecule has 0 saturated carbocycles. The maximum Gasteiger partial charge on any atom is 0.274 e. The topological polar surface area (TPSA) is 35.3 Å². The van der Waals surface area contributed by atoms with Gasteiger partial charge in [-0.3, -0.25) is 9.89 Å². The number of allylic oxidation sites excluding steroid dienone is 2. The molecule has 0 aliphatic carbocycles. The number of amidine groups is 1. The first-order valence-electron chi connectivity index (χ1n) is 11.4. The van der Waals surface area contributed by atoms with Crippen LogP contribution < -0.4 is 17.7 Å². The average Bonchev–Trinajstić information content (AvgIpc) is 3.12. The minimum Gasteiger partial charge on any atom is -1.00 e. The van der Waals surface area contributed by atoms with Crippen LogP contribution in [0.15, 0.2) is 12.2 Å². The van der Waals surface area contributed by atoms with E-state index in [0.29, 0.717) is 6.04 Å². The quantitative estimate of drug-likeness (QED) is 0.237. The van der Waals surface area contributed by atoms with Gasteiger partial charge < -0.3 is 17.5 Å². The van der Waals surface area contributed by atoms with Crippen molar-refractivity contribution in [1.29, 1.82) is 0 Å². The third kappa shape index (κ3) is 12.5. The van der Waals surface area contributed by atoms with E-state index in [1.807, 2.05) is 6.92 Å². The first-order chi connectivity index (χ1) is 12.7. The highest BCUT2D eigenvalue weighted by atomic mass is 35.5. The van der Waals surface area contributed by atoms with Crippen LogP contribution >= 0.6 is 0 Å². The summed E-state index contributed by atoms with van der Waals surface area (Å²) in [6, 6.07) is 0.534. The first-order valence-corrected chi connectivity index (χ1v) is 11.4. The summed E-state index contributed by atoms with van der Waals surface area (Å²) in [6.07, 6.45) is 21.9. The van der Waals surface area contributed by atoms with Gasteiger partial charge in [0.15, 0.2) is 6.10 Å². The summed E-state index contributed by atoms with van der Waals surface area (Å²) in [5.41, 5.74) is 0. The molecule has 2 N–H and O–H groups in total. The van der Waals surface area contributed by atoms with Gasteiger partial charge in [0, 0.05) is 0 Å². The zero-order chi connectivity index (χ0) is 19.0. The second-order valence-corrected chi connectivity index (χ2v) is 8.05. The third-order valence-corrected chi connectivity index (χ3v) is 5.53. The summed E-state index contributed by atoms with van der Waals surface area (Å²) in [5, 5.41) is 13.1. The number of nitrogens with zero attached hydrogens (tertiary/aromatic N) is 1. The van der Waals surface area contributed by atoms with Gasteiger partial charge >= 0.3 is 0 Å². The van der Waals surface area contributed by atoms with Gasteiger partial charge in [-0.1, -0.05) is 64.0 Å². The van der Waals surface area contributed by atoms with E-state index in [0.717, 1.165) is 18.9 Å². The van der Waals surface area contributed by atoms with Gasteiger partial charge in [-0.25, -0.2) is 0 Å². The lowest BCUT2D eigenvalue weighted by Gasteiger charge is -2.14. The number of rotatable bonds is 16. The molecule has 2 unspecified atom stereocenters. The highest BCUT2D eigenvalue weighted by Crippen LogP contribution is 2.12. The standard InChI is InChI=1S/C23H44N2O.ClH/c1-4-5-6-7-8-9-10-11-12-13-14-15-16-17-18-21(2)25-20-19-24-23(25)22(3)26;/h11-12,21-22,26H,4-10,13-20H2,1-3H3;1H/b12-11-;. The SMILES string of the molecule is CCCCCCCC/C=C\CCCCCCC(C)[N+]1=C(C(C)O)NCC1.[Cl-]. The number of nitrogens with one attached hydrogen (secondary N) is 1. The Bertz CT molecular complexity index is 407. The summed E-state index contributed by atoms with van der Waals surface area (Å²) in [5.74, 6) is 1.02. The van der Waals surface area contributed by atoms with Crippen molar-refractivity contribution in [1.82, 2.24) is 5.32 Å². The molecule has 0 aromatic heterocycles. The normalized spacial score (nSPS) is 16.4. The average molecular weight is 401 g/mol. The maximum absolute atomic E-state index is 9.82. The van der Waals surface area contributed by atoms with Gasteiger partial charge in [-0.15, -0.1) is 0 Å². The molecule has 0 amide bonds. The predicted octanol–water partition coefficient (Wildman–Crippen LogP) is 2.42. The lowest BCUT2D eigenvalue weighted by Crippen LogP contribution is -3.00. The number of halogens is 1. The summed E-state index contributed by atoms with van der Waals surface area (Å²) >= 11 is 0. The Morgan fingerprint density at radius 2 is 1.48 bits per heavy atom. The van der Waals surface area contributed by atoms with Crippen molar-refractivity contribution in [2.75, 3.05) is 13.1 Å². The Kier molecular flexibility index (Phi) is 17.2. The monoisotopic (exact) mass is 400 g/mol. The summed E-state index contributed by atoms with van der Waals surface area (Å²) in [4.78, 5) is 0. The molecular weight excluding hydrogens is 356 g/mol. The van der Waals surface area contributed by atoms with Gasteiger partial charge in [0.25, 0.3) is 5.84 Å². The predicted molar refractivity (Wildman–Crippen MR) is 114 cm³/mol. The number of hydrogen-bond donors (Lipinski definition) is 2. The lowest BCUT2D eigenvalue weighted by atomic mass is 10.1. The van der Waals surface area contributed by atoms with Crippen LogP contribution in [0.5, 0.6) is 0 Å². The fraction of sp³-hybridized carbons (Fsp3) is 0.870. The van der Waals surface area contributed by atoms with Crippen LogP contribution in [0.3, 0.4) is 0 Å². The van der Waals surface area contributed by atoms with Crippen LogP contribution in [0.1, 0.15) is 104 Å². The molecule has 160 valence electrons. The van der Waals surface area contributed by atoms with Gasteiger partial charge in [0.2, 0.25) is 0 Å². The zero-order valence-electron chi connectivity index (χ0n) is 18.2. The molecule has 0 bridgehead atoms. The van der Waals surface area contributed by atoms with Crippen molar-refractivity contribution in [3.63, 3.8) is 0 Å². The van der Waals surface area contributed by atoms with Gasteiger partial charge in [-0.05, 0) is 52.4 Å². The van der Waals surface area contributed by atoms with E-state index >= 15 is 0 Å². The lowest BCUT2D eigenvalue weighted by molar-refractivity contribution is -0.556. The molecular formula is C23H45ClN2O. The molecule has 0 fully saturated rings. The number of hydrogen-bond acceptors (Lipinski definition) is 2. The Hall–Kier alpha value is -0.540. The van der Waals surface area contributed by atoms with Crippen LogP contribution in [-0.4, -0.2) is 40.8 Å².